The number of hydrogen-bond acceptors (Lipinski definition) is 22. The van der Waals surface area contributed by atoms with Crippen molar-refractivity contribution in [1.82, 2.24) is 0 Å². The van der Waals surface area contributed by atoms with Crippen molar-refractivity contribution in [2.24, 2.45) is 50.2 Å². The van der Waals surface area contributed by atoms with E-state index >= 15 is 0 Å². The molecule has 5 aliphatic carbocycles. The van der Waals surface area contributed by atoms with Crippen molar-refractivity contribution in [2.45, 2.75) is 235 Å². The molecular weight excluding hydrogens is 989 g/mol. The third kappa shape index (κ3) is 9.84. The Morgan fingerprint density at radius 2 is 1.09 bits per heavy atom. The van der Waals surface area contributed by atoms with Crippen molar-refractivity contribution < 1.29 is 109 Å². The first-order valence-electron chi connectivity index (χ1n) is 27.3. The Hall–Kier alpha value is -1.14. The van der Waals surface area contributed by atoms with Crippen molar-refractivity contribution in [3.8, 4) is 0 Å². The van der Waals surface area contributed by atoms with Crippen molar-refractivity contribution in [2.75, 3.05) is 33.0 Å². The van der Waals surface area contributed by atoms with Gasteiger partial charge in [0.05, 0.1) is 45.2 Å². The minimum absolute atomic E-state index is 0.0337. The van der Waals surface area contributed by atoms with Crippen molar-refractivity contribution in [3.05, 3.63) is 11.6 Å². The number of hydrogen-bond donors (Lipinski definition) is 14. The summed E-state index contributed by atoms with van der Waals surface area (Å²) in [6, 6.07) is 0. The molecular formula is C53H88O22. The maximum atomic E-state index is 12.7. The van der Waals surface area contributed by atoms with E-state index in [0.717, 1.165) is 38.5 Å². The Morgan fingerprint density at radius 1 is 0.547 bits per heavy atom. The van der Waals surface area contributed by atoms with Crippen LogP contribution < -0.4 is 0 Å². The Labute approximate surface area is 438 Å². The molecule has 22 heteroatoms. The zero-order chi connectivity index (χ0) is 54.7. The van der Waals surface area contributed by atoms with Gasteiger partial charge in [-0.05, 0) is 103 Å². The monoisotopic (exact) mass is 1080 g/mol. The molecule has 432 valence electrons. The largest absolute Gasteiger partial charge is 0.394 e. The second-order valence-electron chi connectivity index (χ2n) is 26.1. The van der Waals surface area contributed by atoms with E-state index in [2.05, 4.69) is 54.5 Å². The Bertz CT molecular complexity index is 2010. The number of aliphatic hydroxyl groups is 14. The van der Waals surface area contributed by atoms with E-state index in [9.17, 15) is 71.5 Å². The molecule has 4 aliphatic heterocycles. The first-order valence-corrected chi connectivity index (χ1v) is 27.3. The summed E-state index contributed by atoms with van der Waals surface area (Å²) in [5, 5.41) is 150. The Morgan fingerprint density at radius 3 is 1.72 bits per heavy atom. The lowest BCUT2D eigenvalue weighted by Gasteiger charge is -2.72. The molecule has 9 rings (SSSR count). The molecule has 14 N–H and O–H groups in total. The molecule has 22 nitrogen and oxygen atoms in total. The minimum atomic E-state index is -1.80. The summed E-state index contributed by atoms with van der Waals surface area (Å²) in [6.45, 7) is 14.1. The number of ether oxygens (including phenoxy) is 8. The first kappa shape index (κ1) is 58.5. The van der Waals surface area contributed by atoms with Crippen LogP contribution in [0.15, 0.2) is 11.6 Å². The summed E-state index contributed by atoms with van der Waals surface area (Å²) < 4.78 is 47.3. The van der Waals surface area contributed by atoms with Crippen LogP contribution in [0.4, 0.5) is 0 Å². The molecule has 75 heavy (non-hydrogen) atoms. The molecule has 9 aliphatic rings. The summed E-state index contributed by atoms with van der Waals surface area (Å²) in [4.78, 5) is 0. The second kappa shape index (κ2) is 21.3. The van der Waals surface area contributed by atoms with Crippen LogP contribution in [0.5, 0.6) is 0 Å². The maximum Gasteiger partial charge on any atom is 0.186 e. The molecule has 4 saturated heterocycles. The summed E-state index contributed by atoms with van der Waals surface area (Å²) in [5.41, 5.74) is -0.719. The van der Waals surface area contributed by atoms with Gasteiger partial charge in [-0.3, -0.25) is 0 Å². The zero-order valence-electron chi connectivity index (χ0n) is 44.4. The fourth-order valence-corrected chi connectivity index (χ4v) is 16.2. The van der Waals surface area contributed by atoms with Crippen LogP contribution in [0.1, 0.15) is 106 Å². The van der Waals surface area contributed by atoms with E-state index in [1.165, 1.54) is 5.57 Å². The highest BCUT2D eigenvalue weighted by molar-refractivity contribution is 5.35. The molecule has 0 aromatic heterocycles. The topological polar surface area (TPSA) is 357 Å². The lowest BCUT2D eigenvalue weighted by Crippen LogP contribution is -2.67. The highest BCUT2D eigenvalue weighted by atomic mass is 16.7. The van der Waals surface area contributed by atoms with Gasteiger partial charge in [-0.15, -0.1) is 0 Å². The van der Waals surface area contributed by atoms with Gasteiger partial charge in [-0.2, -0.15) is 0 Å². The van der Waals surface area contributed by atoms with Crippen LogP contribution in [0.3, 0.4) is 0 Å². The normalized spacial score (nSPS) is 54.7. The number of allylic oxidation sites excluding steroid dienone is 2. The van der Waals surface area contributed by atoms with Gasteiger partial charge in [0.25, 0.3) is 0 Å². The molecule has 0 aromatic carbocycles. The molecule has 28 atom stereocenters. The van der Waals surface area contributed by atoms with Gasteiger partial charge >= 0.3 is 0 Å². The van der Waals surface area contributed by atoms with E-state index in [4.69, 9.17) is 37.9 Å². The molecule has 0 spiro atoms. The standard InChI is InChI=1S/C53H88O22/c1-48(2)14-15-53(22-71-46-42(66)37(61)34(58)26(18-54)72-46)24(16-48)23-8-9-30-50(5)12-11-32(49(3,4)29(50)10-13-51(30,6)52(23,7)17-31(53)56)75-47-43(67)39(63)36(60)28(74-47)21-70-45-41(65)38(62)35(59)27(73-45)20-69-44-40(64)33(57)25(55)19-68-44/h8,24-47,54-67H,9-22H2,1-7H3. The van der Waals surface area contributed by atoms with Gasteiger partial charge in [0.1, 0.15) is 91.6 Å². The fourth-order valence-electron chi connectivity index (χ4n) is 16.2. The summed E-state index contributed by atoms with van der Waals surface area (Å²) in [6.07, 6.45) is -21.2. The van der Waals surface area contributed by atoms with Gasteiger partial charge < -0.3 is 109 Å². The molecule has 0 radical (unpaired) electrons. The van der Waals surface area contributed by atoms with E-state index in [0.29, 0.717) is 19.3 Å². The smallest absolute Gasteiger partial charge is 0.186 e. The summed E-state index contributed by atoms with van der Waals surface area (Å²) >= 11 is 0. The number of rotatable bonds is 12. The summed E-state index contributed by atoms with van der Waals surface area (Å²) in [7, 11) is 0. The number of fused-ring (bicyclic) bond motifs is 7. The maximum absolute atomic E-state index is 12.7. The molecule has 28 unspecified atom stereocenters. The Kier molecular flexibility index (Phi) is 16.6. The molecule has 0 bridgehead atoms. The lowest BCUT2D eigenvalue weighted by molar-refractivity contribution is -0.348. The van der Waals surface area contributed by atoms with Gasteiger partial charge in [-0.1, -0.05) is 60.1 Å². The van der Waals surface area contributed by atoms with Gasteiger partial charge in [0.15, 0.2) is 25.2 Å². The average Bonchev–Trinajstić information content (AvgIpc) is 3.37. The van der Waals surface area contributed by atoms with E-state index < -0.39 is 165 Å². The van der Waals surface area contributed by atoms with Crippen molar-refractivity contribution >= 4 is 0 Å². The Balaban J connectivity index is 0.876. The molecule has 0 aromatic rings. The molecule has 8 fully saturated rings. The predicted molar refractivity (Wildman–Crippen MR) is 258 cm³/mol. The van der Waals surface area contributed by atoms with E-state index in [-0.39, 0.29) is 47.2 Å². The van der Waals surface area contributed by atoms with Gasteiger partial charge in [0.2, 0.25) is 0 Å². The quantitative estimate of drug-likeness (QED) is 0.0746. The van der Waals surface area contributed by atoms with E-state index in [1.807, 2.05) is 0 Å². The third-order valence-corrected chi connectivity index (χ3v) is 21.1. The zero-order valence-corrected chi connectivity index (χ0v) is 44.4. The lowest BCUT2D eigenvalue weighted by atomic mass is 9.33. The van der Waals surface area contributed by atoms with Crippen LogP contribution in [0.25, 0.3) is 0 Å². The summed E-state index contributed by atoms with van der Waals surface area (Å²) in [5.74, 6) is 0.292. The van der Waals surface area contributed by atoms with Crippen LogP contribution in [-0.4, -0.2) is 233 Å². The van der Waals surface area contributed by atoms with Crippen LogP contribution in [0.2, 0.25) is 0 Å². The van der Waals surface area contributed by atoms with Crippen molar-refractivity contribution in [3.63, 3.8) is 0 Å². The number of aliphatic hydroxyl groups excluding tert-OH is 14. The fraction of sp³-hybridized carbons (Fsp3) is 0.962. The highest BCUT2D eigenvalue weighted by Gasteiger charge is 2.70. The highest BCUT2D eigenvalue weighted by Crippen LogP contribution is 2.76. The second-order valence-corrected chi connectivity index (χ2v) is 26.1. The van der Waals surface area contributed by atoms with Crippen molar-refractivity contribution in [1.29, 1.82) is 0 Å². The van der Waals surface area contributed by atoms with Crippen LogP contribution >= 0.6 is 0 Å². The van der Waals surface area contributed by atoms with Gasteiger partial charge in [-0.25, -0.2) is 0 Å². The van der Waals surface area contributed by atoms with Gasteiger partial charge in [0, 0.05) is 5.41 Å². The minimum Gasteiger partial charge on any atom is -0.394 e. The predicted octanol–water partition coefficient (Wildman–Crippen LogP) is -1.95. The van der Waals surface area contributed by atoms with Crippen LogP contribution in [-0.2, 0) is 37.9 Å². The van der Waals surface area contributed by atoms with E-state index in [1.54, 1.807) is 0 Å². The average molecular weight is 1080 g/mol. The SMILES string of the molecule is CC1(C)CCC2(COC3OC(CO)C(O)C(O)C3O)C(O)CC3(C)C(=CCC4C5(C)CCC(OC6OC(COC7OC(COC8OCC(O)C(O)C8O)C(O)C(O)C7O)C(O)C(O)C6O)C(C)(C)C5CCC43C)C2C1. The first-order chi connectivity index (χ1) is 35.1. The third-order valence-electron chi connectivity index (χ3n) is 21.1. The molecule has 0 amide bonds. The molecule has 4 heterocycles. The molecule has 4 saturated carbocycles. The van der Waals surface area contributed by atoms with Crippen LogP contribution in [0, 0.1) is 50.2 Å².